The molecule has 0 saturated heterocycles. The number of aromatic nitrogens is 4. The molecule has 0 saturated carbocycles. The fraction of sp³-hybridized carbons (Fsp3) is 0. The van der Waals surface area contributed by atoms with Gasteiger partial charge in [-0.2, -0.15) is 0 Å². The third kappa shape index (κ3) is 3.27. The molecule has 6 heteroatoms. The number of hydrogen-bond acceptors (Lipinski definition) is 6. The standard InChI is InChI=1S/C30H18N4O2/c1-2-6-24-23(5-1)29(21-9-19(11-31-13-21)27-15-33-17-35-27)25-7-3-4-8-26(25)30(24)22-10-20(12-32-14-22)28-16-34-18-36-28/h1-18H. The Morgan fingerprint density at radius 3 is 1.17 bits per heavy atom. The molecule has 6 nitrogen and oxygen atoms in total. The van der Waals surface area contributed by atoms with Crippen LogP contribution in [0.15, 0.2) is 119 Å². The van der Waals surface area contributed by atoms with E-state index in [1.165, 1.54) is 12.8 Å². The average Bonchev–Trinajstić information content (AvgIpc) is 3.67. The monoisotopic (exact) mass is 466 g/mol. The van der Waals surface area contributed by atoms with Gasteiger partial charge in [0.1, 0.15) is 0 Å². The molecule has 0 amide bonds. The average molecular weight is 467 g/mol. The Bertz CT molecular complexity index is 1650. The zero-order valence-corrected chi connectivity index (χ0v) is 19.0. The highest BCUT2D eigenvalue weighted by Crippen LogP contribution is 2.44. The van der Waals surface area contributed by atoms with Gasteiger partial charge in [0.15, 0.2) is 24.3 Å². The van der Waals surface area contributed by atoms with E-state index in [4.69, 9.17) is 8.83 Å². The minimum Gasteiger partial charge on any atom is -0.443 e. The zero-order chi connectivity index (χ0) is 23.9. The first-order valence-electron chi connectivity index (χ1n) is 11.5. The van der Waals surface area contributed by atoms with Crippen LogP contribution in [0.4, 0.5) is 0 Å². The van der Waals surface area contributed by atoms with Gasteiger partial charge in [0, 0.05) is 47.0 Å². The van der Waals surface area contributed by atoms with Gasteiger partial charge in [-0.05, 0) is 44.8 Å². The summed E-state index contributed by atoms with van der Waals surface area (Å²) in [5.41, 5.74) is 6.03. The molecule has 3 aromatic carbocycles. The maximum absolute atomic E-state index is 5.53. The van der Waals surface area contributed by atoms with Gasteiger partial charge in [-0.25, -0.2) is 9.97 Å². The largest absolute Gasteiger partial charge is 0.443 e. The molecule has 0 spiro atoms. The molecule has 0 unspecified atom stereocenters. The highest BCUT2D eigenvalue weighted by atomic mass is 16.3. The molecule has 7 aromatic rings. The van der Waals surface area contributed by atoms with Crippen molar-refractivity contribution < 1.29 is 8.83 Å². The summed E-state index contributed by atoms with van der Waals surface area (Å²) >= 11 is 0. The van der Waals surface area contributed by atoms with Gasteiger partial charge >= 0.3 is 0 Å². The van der Waals surface area contributed by atoms with Gasteiger partial charge < -0.3 is 8.83 Å². The van der Waals surface area contributed by atoms with Crippen molar-refractivity contribution >= 4 is 21.5 Å². The second-order valence-corrected chi connectivity index (χ2v) is 8.50. The van der Waals surface area contributed by atoms with Crippen molar-refractivity contribution in [2.45, 2.75) is 0 Å². The summed E-state index contributed by atoms with van der Waals surface area (Å²) < 4.78 is 11.1. The molecular formula is C30H18N4O2. The summed E-state index contributed by atoms with van der Waals surface area (Å²) in [7, 11) is 0. The number of rotatable bonds is 4. The van der Waals surface area contributed by atoms with E-state index < -0.39 is 0 Å². The third-order valence-corrected chi connectivity index (χ3v) is 6.42. The maximum atomic E-state index is 5.53. The van der Waals surface area contributed by atoms with E-state index in [0.717, 1.165) is 54.9 Å². The lowest BCUT2D eigenvalue weighted by Gasteiger charge is -2.17. The van der Waals surface area contributed by atoms with E-state index in [-0.39, 0.29) is 0 Å². The maximum Gasteiger partial charge on any atom is 0.181 e. The van der Waals surface area contributed by atoms with E-state index >= 15 is 0 Å². The van der Waals surface area contributed by atoms with Crippen molar-refractivity contribution in [3.8, 4) is 44.9 Å². The topological polar surface area (TPSA) is 77.8 Å². The molecule has 36 heavy (non-hydrogen) atoms. The highest BCUT2D eigenvalue weighted by molar-refractivity contribution is 6.21. The molecule has 7 rings (SSSR count). The van der Waals surface area contributed by atoms with Crippen molar-refractivity contribution in [1.82, 2.24) is 19.9 Å². The van der Waals surface area contributed by atoms with Crippen molar-refractivity contribution in [3.05, 3.63) is 111 Å². The minimum absolute atomic E-state index is 0.685. The number of oxazole rings is 2. The number of pyridine rings is 2. The summed E-state index contributed by atoms with van der Waals surface area (Å²) in [5, 5.41) is 4.53. The molecule has 0 bridgehead atoms. The lowest BCUT2D eigenvalue weighted by molar-refractivity contribution is 0.571. The fourth-order valence-corrected chi connectivity index (χ4v) is 4.89. The molecular weight excluding hydrogens is 448 g/mol. The van der Waals surface area contributed by atoms with Crippen LogP contribution in [0.5, 0.6) is 0 Å². The van der Waals surface area contributed by atoms with E-state index in [9.17, 15) is 0 Å². The highest BCUT2D eigenvalue weighted by Gasteiger charge is 2.18. The summed E-state index contributed by atoms with van der Waals surface area (Å²) in [4.78, 5) is 17.2. The summed E-state index contributed by atoms with van der Waals surface area (Å²) in [6.07, 6.45) is 13.7. The number of nitrogens with zero attached hydrogens (tertiary/aromatic N) is 4. The normalized spacial score (nSPS) is 11.3. The Morgan fingerprint density at radius 2 is 0.806 bits per heavy atom. The first kappa shape index (κ1) is 20.3. The Hall–Kier alpha value is -5.10. The van der Waals surface area contributed by atoms with Crippen LogP contribution in [0.1, 0.15) is 0 Å². The van der Waals surface area contributed by atoms with Gasteiger partial charge in [0.2, 0.25) is 0 Å². The molecule has 0 aliphatic carbocycles. The number of benzene rings is 3. The Morgan fingerprint density at radius 1 is 0.417 bits per heavy atom. The van der Waals surface area contributed by atoms with Crippen LogP contribution in [0, 0.1) is 0 Å². The van der Waals surface area contributed by atoms with Crippen LogP contribution in [-0.4, -0.2) is 19.9 Å². The molecule has 0 radical (unpaired) electrons. The SMILES string of the molecule is c1ccc2c(-c3cncc(-c4cnco4)c3)c3ccccc3c(-c3cncc(-c4cnco4)c3)c2c1. The predicted octanol–water partition coefficient (Wildman–Crippen LogP) is 7.43. The van der Waals surface area contributed by atoms with Crippen molar-refractivity contribution in [3.63, 3.8) is 0 Å². The van der Waals surface area contributed by atoms with Crippen LogP contribution < -0.4 is 0 Å². The number of fused-ring (bicyclic) bond motifs is 2. The summed E-state index contributed by atoms with van der Waals surface area (Å²) in [6.45, 7) is 0. The van der Waals surface area contributed by atoms with E-state index in [1.807, 2.05) is 12.4 Å². The van der Waals surface area contributed by atoms with Crippen LogP contribution in [0.2, 0.25) is 0 Å². The van der Waals surface area contributed by atoms with E-state index in [1.54, 1.807) is 24.8 Å². The van der Waals surface area contributed by atoms with Gasteiger partial charge in [-0.3, -0.25) is 9.97 Å². The Kier molecular flexibility index (Phi) is 4.67. The second kappa shape index (κ2) is 8.29. The van der Waals surface area contributed by atoms with Crippen molar-refractivity contribution in [1.29, 1.82) is 0 Å². The smallest absolute Gasteiger partial charge is 0.181 e. The molecule has 0 atom stereocenters. The second-order valence-electron chi connectivity index (χ2n) is 8.50. The van der Waals surface area contributed by atoms with Gasteiger partial charge in [0.25, 0.3) is 0 Å². The summed E-state index contributed by atoms with van der Waals surface area (Å²) in [5.74, 6) is 1.37. The van der Waals surface area contributed by atoms with Crippen LogP contribution in [0.25, 0.3) is 66.4 Å². The first-order valence-corrected chi connectivity index (χ1v) is 11.5. The predicted molar refractivity (Wildman–Crippen MR) is 139 cm³/mol. The van der Waals surface area contributed by atoms with Crippen LogP contribution >= 0.6 is 0 Å². The molecule has 0 fully saturated rings. The molecule has 4 heterocycles. The molecule has 4 aromatic heterocycles. The molecule has 0 N–H and O–H groups in total. The molecule has 0 aliphatic rings. The van der Waals surface area contributed by atoms with Crippen LogP contribution in [0.3, 0.4) is 0 Å². The van der Waals surface area contributed by atoms with Crippen molar-refractivity contribution in [2.75, 3.05) is 0 Å². The zero-order valence-electron chi connectivity index (χ0n) is 19.0. The lowest BCUT2D eigenvalue weighted by Crippen LogP contribution is -1.92. The lowest BCUT2D eigenvalue weighted by atomic mass is 9.86. The van der Waals surface area contributed by atoms with Gasteiger partial charge in [-0.15, -0.1) is 0 Å². The molecule has 170 valence electrons. The quantitative estimate of drug-likeness (QED) is 0.251. The van der Waals surface area contributed by atoms with E-state index in [0.29, 0.717) is 11.5 Å². The van der Waals surface area contributed by atoms with Crippen LogP contribution in [-0.2, 0) is 0 Å². The molecule has 0 aliphatic heterocycles. The van der Waals surface area contributed by atoms with Gasteiger partial charge in [0.05, 0.1) is 12.4 Å². The first-order chi connectivity index (χ1) is 17.9. The summed E-state index contributed by atoms with van der Waals surface area (Å²) in [6, 6.07) is 21.1. The Labute approximate surface area is 205 Å². The minimum atomic E-state index is 0.685. The van der Waals surface area contributed by atoms with Crippen molar-refractivity contribution in [2.24, 2.45) is 0 Å². The fourth-order valence-electron chi connectivity index (χ4n) is 4.89. The van der Waals surface area contributed by atoms with Gasteiger partial charge in [-0.1, -0.05) is 48.5 Å². The number of hydrogen-bond donors (Lipinski definition) is 0. The third-order valence-electron chi connectivity index (χ3n) is 6.42. The Balaban J connectivity index is 1.54. The van der Waals surface area contributed by atoms with E-state index in [2.05, 4.69) is 80.6 Å².